The van der Waals surface area contributed by atoms with Crippen LogP contribution >= 0.6 is 0 Å². The standard InChI is InChI=1S/C58H91NO15/c1-12-28-71-29-18-22-51(61)72-47-26-24-43(33-50(47)69-10)32-39(5)49-35-46(60)38(4)31-41(7)53(63)54(70-11)52(62)40(6)30-36(2)19-14-13-15-20-37(3)48(68-9)34-44-25-23-42(8)58(67,74-44)55(64)56(65)59-27-17-16-21-45(59)57(66)73-49/h13-15,19-20,31,36,38-40,42-45,47-50,53-54,63,67H,12,16-18,21-30,32-35H2,1-11H3/b15-13+,19-14+,37-20+,41-31+/t36-,38-,39-,40-,42-,43+,44+,45+,47-,48+,49+,50-,53-,54+,58-/m1/s1. The normalized spacial score (nSPS) is 36.9. The minimum atomic E-state index is -2.45. The summed E-state index contributed by atoms with van der Waals surface area (Å²) in [7, 11) is 4.54. The Hall–Kier alpha value is -3.90. The molecule has 4 aliphatic rings. The molecule has 3 fully saturated rings. The van der Waals surface area contributed by atoms with E-state index in [4.69, 9.17) is 33.2 Å². The number of methoxy groups -OCH3 is 3. The zero-order chi connectivity index (χ0) is 54.7. The Morgan fingerprint density at radius 2 is 1.61 bits per heavy atom. The number of aliphatic hydroxyl groups is 2. The second kappa shape index (κ2) is 30.7. The van der Waals surface area contributed by atoms with Crippen molar-refractivity contribution in [2.75, 3.05) is 41.1 Å². The molecule has 418 valence electrons. The molecule has 3 heterocycles. The highest BCUT2D eigenvalue weighted by molar-refractivity contribution is 6.39. The van der Waals surface area contributed by atoms with Gasteiger partial charge in [-0.3, -0.25) is 24.0 Å². The van der Waals surface area contributed by atoms with E-state index >= 15 is 0 Å². The van der Waals surface area contributed by atoms with Crippen LogP contribution in [-0.2, 0) is 61.9 Å². The average Bonchev–Trinajstić information content (AvgIpc) is 3.37. The van der Waals surface area contributed by atoms with Gasteiger partial charge in [-0.05, 0) is 120 Å². The number of amides is 1. The molecule has 0 aromatic rings. The highest BCUT2D eigenvalue weighted by atomic mass is 16.6. The molecule has 0 radical (unpaired) electrons. The van der Waals surface area contributed by atoms with Crippen molar-refractivity contribution in [3.8, 4) is 0 Å². The first-order valence-electron chi connectivity index (χ1n) is 27.4. The number of hydrogen-bond acceptors (Lipinski definition) is 15. The van der Waals surface area contributed by atoms with E-state index in [1.54, 1.807) is 41.1 Å². The molecule has 2 bridgehead atoms. The SMILES string of the molecule is CCCOCCCC(=O)O[C@@H]1CC[C@@H](C[C@@H](C)[C@@H]2CC(=O)[C@H](C)/C=C(\C)[C@@H](O)[C@@H](OC)C(=O)[C@H](C)C[C@H](C)/C=C/C=C/C=C(\C)[C@@H](OC)C[C@@H]3CC[C@@H](C)[C@@](O)(O3)C(=O)C(=O)N3CCCC[C@H]3C(=O)O2)C[C@H]1OC. The Morgan fingerprint density at radius 3 is 2.30 bits per heavy atom. The molecule has 1 saturated carbocycles. The van der Waals surface area contributed by atoms with Crippen molar-refractivity contribution in [3.63, 3.8) is 0 Å². The molecule has 2 saturated heterocycles. The highest BCUT2D eigenvalue weighted by Gasteiger charge is 2.53. The Labute approximate surface area is 441 Å². The van der Waals surface area contributed by atoms with Gasteiger partial charge in [0.05, 0.1) is 18.3 Å². The Kier molecular flexibility index (Phi) is 26.0. The summed E-state index contributed by atoms with van der Waals surface area (Å²) in [5, 5.41) is 23.6. The van der Waals surface area contributed by atoms with Gasteiger partial charge in [-0.15, -0.1) is 0 Å². The first kappa shape index (κ1) is 62.6. The number of esters is 2. The molecule has 2 N–H and O–H groups in total. The van der Waals surface area contributed by atoms with E-state index in [0.29, 0.717) is 89.4 Å². The number of carbonyl (C=O) groups is 6. The number of piperidine rings is 1. The number of aliphatic hydroxyl groups excluding tert-OH is 1. The fraction of sp³-hybridized carbons (Fsp3) is 0.759. The van der Waals surface area contributed by atoms with Crippen LogP contribution in [0.25, 0.3) is 0 Å². The van der Waals surface area contributed by atoms with Gasteiger partial charge in [-0.1, -0.05) is 78.0 Å². The lowest BCUT2D eigenvalue weighted by molar-refractivity contribution is -0.265. The fourth-order valence-electron chi connectivity index (χ4n) is 11.0. The van der Waals surface area contributed by atoms with E-state index in [1.165, 1.54) is 12.0 Å². The van der Waals surface area contributed by atoms with Gasteiger partial charge in [0.2, 0.25) is 5.79 Å². The maximum atomic E-state index is 14.6. The van der Waals surface area contributed by atoms with E-state index in [-0.39, 0.29) is 67.2 Å². The molecule has 16 nitrogen and oxygen atoms in total. The van der Waals surface area contributed by atoms with Crippen molar-refractivity contribution >= 4 is 35.2 Å². The molecule has 3 aliphatic heterocycles. The van der Waals surface area contributed by atoms with Crippen LogP contribution in [0.4, 0.5) is 0 Å². The van der Waals surface area contributed by atoms with Crippen LogP contribution in [0.15, 0.2) is 47.6 Å². The van der Waals surface area contributed by atoms with Gasteiger partial charge in [0.1, 0.15) is 36.2 Å². The summed E-state index contributed by atoms with van der Waals surface area (Å²) >= 11 is 0. The van der Waals surface area contributed by atoms with Gasteiger partial charge in [-0.2, -0.15) is 0 Å². The minimum absolute atomic E-state index is 0.00633. The van der Waals surface area contributed by atoms with Gasteiger partial charge in [0, 0.05) is 78.1 Å². The van der Waals surface area contributed by atoms with Crippen LogP contribution in [-0.4, -0.2) is 146 Å². The molecular weight excluding hydrogens is 951 g/mol. The van der Waals surface area contributed by atoms with E-state index in [2.05, 4.69) is 0 Å². The first-order chi connectivity index (χ1) is 35.2. The quantitative estimate of drug-likeness (QED) is 0.0776. The number of rotatable bonds is 13. The predicted molar refractivity (Wildman–Crippen MR) is 279 cm³/mol. The third-order valence-corrected chi connectivity index (χ3v) is 15.8. The minimum Gasteiger partial charge on any atom is -0.460 e. The van der Waals surface area contributed by atoms with Crippen molar-refractivity contribution in [2.24, 2.45) is 35.5 Å². The number of ether oxygens (including phenoxy) is 7. The van der Waals surface area contributed by atoms with E-state index in [9.17, 15) is 39.0 Å². The summed E-state index contributed by atoms with van der Waals surface area (Å²) in [6.45, 7) is 15.9. The highest BCUT2D eigenvalue weighted by Crippen LogP contribution is 2.38. The average molecular weight is 1040 g/mol. The van der Waals surface area contributed by atoms with E-state index in [0.717, 1.165) is 12.0 Å². The number of hydrogen-bond donors (Lipinski definition) is 2. The fourth-order valence-corrected chi connectivity index (χ4v) is 11.0. The Balaban J connectivity index is 1.66. The van der Waals surface area contributed by atoms with Gasteiger partial charge < -0.3 is 48.3 Å². The first-order valence-corrected chi connectivity index (χ1v) is 27.4. The third kappa shape index (κ3) is 17.8. The lowest BCUT2D eigenvalue weighted by atomic mass is 9.78. The Morgan fingerprint density at radius 1 is 0.865 bits per heavy atom. The van der Waals surface area contributed by atoms with Crippen molar-refractivity contribution in [1.29, 1.82) is 0 Å². The number of carbonyl (C=O) groups excluding carboxylic acids is 6. The summed E-state index contributed by atoms with van der Waals surface area (Å²) in [5.41, 5.74) is 1.25. The van der Waals surface area contributed by atoms with E-state index in [1.807, 2.05) is 65.0 Å². The monoisotopic (exact) mass is 1040 g/mol. The van der Waals surface area contributed by atoms with Crippen LogP contribution in [0.1, 0.15) is 152 Å². The second-order valence-corrected chi connectivity index (χ2v) is 21.8. The maximum Gasteiger partial charge on any atom is 0.329 e. The number of cyclic esters (lactones) is 1. The van der Waals surface area contributed by atoms with Gasteiger partial charge in [-0.25, -0.2) is 4.79 Å². The molecule has 0 spiro atoms. The van der Waals surface area contributed by atoms with Crippen molar-refractivity contribution in [1.82, 2.24) is 4.90 Å². The lowest BCUT2D eigenvalue weighted by Crippen LogP contribution is -2.61. The lowest BCUT2D eigenvalue weighted by Gasteiger charge is -2.42. The summed E-state index contributed by atoms with van der Waals surface area (Å²) in [4.78, 5) is 85.3. The van der Waals surface area contributed by atoms with Crippen molar-refractivity contribution in [3.05, 3.63) is 47.6 Å². The molecule has 74 heavy (non-hydrogen) atoms. The van der Waals surface area contributed by atoms with E-state index < -0.39 is 83.9 Å². The van der Waals surface area contributed by atoms with Crippen LogP contribution in [0, 0.1) is 35.5 Å². The summed E-state index contributed by atoms with van der Waals surface area (Å²) < 4.78 is 41.2. The summed E-state index contributed by atoms with van der Waals surface area (Å²) in [6.07, 6.45) is 12.7. The predicted octanol–water partition coefficient (Wildman–Crippen LogP) is 7.94. The molecular formula is C58H91NO15. The van der Waals surface area contributed by atoms with Gasteiger partial charge in [0.15, 0.2) is 5.78 Å². The van der Waals surface area contributed by atoms with Crippen LogP contribution < -0.4 is 0 Å². The molecule has 1 aliphatic carbocycles. The number of nitrogens with zero attached hydrogens (tertiary/aromatic N) is 1. The smallest absolute Gasteiger partial charge is 0.329 e. The van der Waals surface area contributed by atoms with Crippen molar-refractivity contribution < 1.29 is 72.1 Å². The zero-order valence-corrected chi connectivity index (χ0v) is 46.4. The largest absolute Gasteiger partial charge is 0.460 e. The molecule has 0 aromatic carbocycles. The van der Waals surface area contributed by atoms with Crippen LogP contribution in [0.3, 0.4) is 0 Å². The number of fused-ring (bicyclic) bond motifs is 3. The van der Waals surface area contributed by atoms with Crippen LogP contribution in [0.5, 0.6) is 0 Å². The third-order valence-electron chi connectivity index (χ3n) is 15.8. The summed E-state index contributed by atoms with van der Waals surface area (Å²) in [6, 6.07) is -1.17. The molecule has 1 amide bonds. The molecule has 16 heteroatoms. The molecule has 0 aromatic heterocycles. The Bertz CT molecular complexity index is 1980. The van der Waals surface area contributed by atoms with Gasteiger partial charge >= 0.3 is 11.9 Å². The molecule has 15 atom stereocenters. The topological polar surface area (TPSA) is 211 Å². The maximum absolute atomic E-state index is 14.6. The molecule has 4 rings (SSSR count). The molecule has 0 unspecified atom stereocenters. The van der Waals surface area contributed by atoms with Gasteiger partial charge in [0.25, 0.3) is 11.7 Å². The number of allylic oxidation sites excluding steroid dienone is 6. The number of Topliss-reactive ketones (excluding diaryl/α,β-unsaturated/α-hetero) is 3. The zero-order valence-electron chi connectivity index (χ0n) is 46.4. The second-order valence-electron chi connectivity index (χ2n) is 21.8. The van der Waals surface area contributed by atoms with Crippen molar-refractivity contribution in [2.45, 2.75) is 206 Å². The van der Waals surface area contributed by atoms with Crippen LogP contribution in [0.2, 0.25) is 0 Å². The number of ketones is 3. The summed E-state index contributed by atoms with van der Waals surface area (Å²) in [5.74, 6) is -8.54.